The van der Waals surface area contributed by atoms with Crippen molar-refractivity contribution in [3.05, 3.63) is 29.0 Å². The molecule has 1 aromatic carbocycles. The highest BCUT2D eigenvalue weighted by Gasteiger charge is 2.33. The van der Waals surface area contributed by atoms with Gasteiger partial charge in [-0.1, -0.05) is 11.3 Å². The van der Waals surface area contributed by atoms with Crippen molar-refractivity contribution in [1.29, 1.82) is 0 Å². The summed E-state index contributed by atoms with van der Waals surface area (Å²) in [4.78, 5) is 1.82. The first-order valence-corrected chi connectivity index (χ1v) is 9.68. The lowest BCUT2D eigenvalue weighted by Gasteiger charge is -2.38. The first-order valence-electron chi connectivity index (χ1n) is 7.39. The van der Waals surface area contributed by atoms with Gasteiger partial charge in [-0.3, -0.25) is 0 Å². The predicted octanol–water partition coefficient (Wildman–Crippen LogP) is 1.55. The van der Waals surface area contributed by atoms with Crippen molar-refractivity contribution in [1.82, 2.24) is 14.9 Å². The SMILES string of the molecule is CCOc1ccc(S(=O)(=O)NC2CN(c3nnc(C)s3)C2)cc1F. The maximum absolute atomic E-state index is 13.8. The van der Waals surface area contributed by atoms with Crippen LogP contribution >= 0.6 is 11.3 Å². The number of halogens is 1. The van der Waals surface area contributed by atoms with Gasteiger partial charge in [-0.25, -0.2) is 17.5 Å². The van der Waals surface area contributed by atoms with Gasteiger partial charge in [0, 0.05) is 13.1 Å². The second kappa shape index (κ2) is 6.61. The number of hydrogen-bond donors (Lipinski definition) is 1. The summed E-state index contributed by atoms with van der Waals surface area (Å²) < 4.78 is 46.2. The van der Waals surface area contributed by atoms with E-state index in [4.69, 9.17) is 4.74 Å². The van der Waals surface area contributed by atoms with Gasteiger partial charge in [0.25, 0.3) is 0 Å². The number of anilines is 1. The molecule has 0 atom stereocenters. The summed E-state index contributed by atoms with van der Waals surface area (Å²) in [5.41, 5.74) is 0. The van der Waals surface area contributed by atoms with E-state index in [0.717, 1.165) is 16.2 Å². The van der Waals surface area contributed by atoms with Crippen molar-refractivity contribution in [2.24, 2.45) is 0 Å². The lowest BCUT2D eigenvalue weighted by Crippen LogP contribution is -2.59. The largest absolute Gasteiger partial charge is 0.491 e. The van der Waals surface area contributed by atoms with Gasteiger partial charge in [-0.05, 0) is 32.0 Å². The lowest BCUT2D eigenvalue weighted by atomic mass is 10.1. The zero-order valence-electron chi connectivity index (χ0n) is 13.2. The highest BCUT2D eigenvalue weighted by atomic mass is 32.2. The Kier molecular flexibility index (Phi) is 4.70. The molecule has 24 heavy (non-hydrogen) atoms. The first-order chi connectivity index (χ1) is 11.4. The van der Waals surface area contributed by atoms with Crippen LogP contribution in [-0.2, 0) is 10.0 Å². The number of nitrogens with zero attached hydrogens (tertiary/aromatic N) is 3. The van der Waals surface area contributed by atoms with E-state index in [2.05, 4.69) is 14.9 Å². The molecule has 1 saturated heterocycles. The van der Waals surface area contributed by atoms with Crippen LogP contribution < -0.4 is 14.4 Å². The molecule has 0 unspecified atom stereocenters. The number of aromatic nitrogens is 2. The monoisotopic (exact) mass is 372 g/mol. The normalized spacial score (nSPS) is 15.4. The van der Waals surface area contributed by atoms with E-state index in [1.165, 1.54) is 23.5 Å². The van der Waals surface area contributed by atoms with Crippen LogP contribution in [0.15, 0.2) is 23.1 Å². The molecule has 0 spiro atoms. The summed E-state index contributed by atoms with van der Waals surface area (Å²) in [5.74, 6) is -0.655. The number of rotatable bonds is 6. The van der Waals surface area contributed by atoms with E-state index in [1.807, 2.05) is 11.8 Å². The molecule has 1 aliphatic rings. The highest BCUT2D eigenvalue weighted by molar-refractivity contribution is 7.89. The van der Waals surface area contributed by atoms with Crippen LogP contribution in [0.1, 0.15) is 11.9 Å². The minimum absolute atomic E-state index is 0.0397. The standard InChI is InChI=1S/C14H17FN4O3S2/c1-3-22-13-5-4-11(6-12(13)15)24(20,21)18-10-7-19(8-10)14-17-16-9(2)23-14/h4-6,10,18H,3,7-8H2,1-2H3. The van der Waals surface area contributed by atoms with Crippen LogP contribution in [-0.4, -0.2) is 44.4 Å². The third-order valence-electron chi connectivity index (χ3n) is 3.50. The minimum Gasteiger partial charge on any atom is -0.491 e. The maximum atomic E-state index is 13.8. The maximum Gasteiger partial charge on any atom is 0.241 e. The fraction of sp³-hybridized carbons (Fsp3) is 0.429. The van der Waals surface area contributed by atoms with Crippen molar-refractivity contribution in [3.8, 4) is 5.75 Å². The number of nitrogens with one attached hydrogen (secondary N) is 1. The molecule has 0 bridgehead atoms. The van der Waals surface area contributed by atoms with Gasteiger partial charge in [0.2, 0.25) is 15.2 Å². The van der Waals surface area contributed by atoms with Crippen molar-refractivity contribution in [2.45, 2.75) is 24.8 Å². The summed E-state index contributed by atoms with van der Waals surface area (Å²) in [6.07, 6.45) is 0. The third-order valence-corrected chi connectivity index (χ3v) is 5.92. The molecule has 0 amide bonds. The zero-order valence-corrected chi connectivity index (χ0v) is 14.8. The average Bonchev–Trinajstić information content (AvgIpc) is 2.91. The molecule has 2 heterocycles. The number of benzene rings is 1. The average molecular weight is 372 g/mol. The minimum atomic E-state index is -3.78. The molecule has 0 radical (unpaired) electrons. The smallest absolute Gasteiger partial charge is 0.241 e. The predicted molar refractivity (Wildman–Crippen MR) is 88.5 cm³/mol. The molecular weight excluding hydrogens is 355 g/mol. The number of aryl methyl sites for hydroxylation is 1. The van der Waals surface area contributed by atoms with Crippen molar-refractivity contribution in [3.63, 3.8) is 0 Å². The third kappa shape index (κ3) is 3.50. The Balaban J connectivity index is 1.64. The second-order valence-electron chi connectivity index (χ2n) is 5.35. The molecule has 0 aliphatic carbocycles. The van der Waals surface area contributed by atoms with Gasteiger partial charge in [-0.2, -0.15) is 0 Å². The first kappa shape index (κ1) is 17.1. The summed E-state index contributed by atoms with van der Waals surface area (Å²) in [5, 5.41) is 9.59. The van der Waals surface area contributed by atoms with Crippen LogP contribution in [0.4, 0.5) is 9.52 Å². The van der Waals surface area contributed by atoms with Crippen LogP contribution in [0, 0.1) is 12.7 Å². The van der Waals surface area contributed by atoms with E-state index in [0.29, 0.717) is 19.7 Å². The molecule has 3 rings (SSSR count). The van der Waals surface area contributed by atoms with Crippen LogP contribution in [0.3, 0.4) is 0 Å². The highest BCUT2D eigenvalue weighted by Crippen LogP contribution is 2.26. The molecule has 130 valence electrons. The molecule has 1 aromatic heterocycles. The van der Waals surface area contributed by atoms with E-state index < -0.39 is 15.8 Å². The number of ether oxygens (including phenoxy) is 1. The van der Waals surface area contributed by atoms with Crippen LogP contribution in [0.5, 0.6) is 5.75 Å². The lowest BCUT2D eigenvalue weighted by molar-refractivity contribution is 0.321. The molecule has 1 aliphatic heterocycles. The Morgan fingerprint density at radius 3 is 2.75 bits per heavy atom. The molecular formula is C14H17FN4O3S2. The Hall–Kier alpha value is -1.78. The quantitative estimate of drug-likeness (QED) is 0.828. The van der Waals surface area contributed by atoms with E-state index >= 15 is 0 Å². The van der Waals surface area contributed by atoms with Crippen LogP contribution in [0.25, 0.3) is 0 Å². The van der Waals surface area contributed by atoms with Crippen molar-refractivity contribution >= 4 is 26.5 Å². The summed E-state index contributed by atoms with van der Waals surface area (Å²) in [6.45, 7) is 4.92. The second-order valence-corrected chi connectivity index (χ2v) is 8.23. The van der Waals surface area contributed by atoms with E-state index in [1.54, 1.807) is 6.92 Å². The summed E-state index contributed by atoms with van der Waals surface area (Å²) in [7, 11) is -3.78. The van der Waals surface area contributed by atoms with Crippen molar-refractivity contribution in [2.75, 3.05) is 24.6 Å². The Bertz CT molecular complexity index is 834. The Labute approximate surface area is 143 Å². The van der Waals surface area contributed by atoms with Crippen LogP contribution in [0.2, 0.25) is 0 Å². The van der Waals surface area contributed by atoms with Gasteiger partial charge in [0.15, 0.2) is 11.6 Å². The van der Waals surface area contributed by atoms with Crippen molar-refractivity contribution < 1.29 is 17.5 Å². The molecule has 7 nitrogen and oxygen atoms in total. The number of hydrogen-bond acceptors (Lipinski definition) is 7. The Morgan fingerprint density at radius 1 is 1.42 bits per heavy atom. The van der Waals surface area contributed by atoms with E-state index in [9.17, 15) is 12.8 Å². The Morgan fingerprint density at radius 2 is 2.17 bits per heavy atom. The molecule has 10 heteroatoms. The molecule has 2 aromatic rings. The molecule has 1 fully saturated rings. The van der Waals surface area contributed by atoms with Gasteiger partial charge < -0.3 is 9.64 Å². The molecule has 0 saturated carbocycles. The topological polar surface area (TPSA) is 84.4 Å². The zero-order chi connectivity index (χ0) is 17.3. The fourth-order valence-corrected chi connectivity index (χ4v) is 4.27. The van der Waals surface area contributed by atoms with Gasteiger partial charge in [0.05, 0.1) is 17.5 Å². The van der Waals surface area contributed by atoms with Gasteiger partial charge in [0.1, 0.15) is 5.01 Å². The summed E-state index contributed by atoms with van der Waals surface area (Å²) in [6, 6.07) is 3.39. The molecule has 1 N–H and O–H groups in total. The fourth-order valence-electron chi connectivity index (χ4n) is 2.33. The van der Waals surface area contributed by atoms with E-state index in [-0.39, 0.29) is 16.7 Å². The number of sulfonamides is 1. The van der Waals surface area contributed by atoms with Gasteiger partial charge >= 0.3 is 0 Å². The summed E-state index contributed by atoms with van der Waals surface area (Å²) >= 11 is 1.46. The van der Waals surface area contributed by atoms with Gasteiger partial charge in [-0.15, -0.1) is 10.2 Å².